The number of rotatable bonds is 3. The molecular weight excluding hydrogens is 234 g/mol. The summed E-state index contributed by atoms with van der Waals surface area (Å²) in [6.45, 7) is 6.83. The van der Waals surface area contributed by atoms with Crippen LogP contribution in [-0.2, 0) is 7.05 Å². The Bertz CT molecular complexity index is 552. The fourth-order valence-corrected chi connectivity index (χ4v) is 3.31. The monoisotopic (exact) mass is 257 g/mol. The zero-order valence-corrected chi connectivity index (χ0v) is 11.9. The van der Waals surface area contributed by atoms with Gasteiger partial charge in [-0.2, -0.15) is 0 Å². The van der Waals surface area contributed by atoms with Crippen molar-refractivity contribution in [2.45, 2.75) is 19.4 Å². The molecule has 1 aromatic carbocycles. The first-order valence-electron chi connectivity index (χ1n) is 7.30. The van der Waals surface area contributed by atoms with Crippen molar-refractivity contribution >= 4 is 10.9 Å². The lowest BCUT2D eigenvalue weighted by atomic mass is 10.0. The number of piperazine rings is 1. The SMILES string of the molecule is CCC(c1cn(C)c2ccccc12)N1CCNCC1. The molecule has 1 aromatic heterocycles. The van der Waals surface area contributed by atoms with Crippen molar-refractivity contribution < 1.29 is 0 Å². The van der Waals surface area contributed by atoms with Gasteiger partial charge in [-0.15, -0.1) is 0 Å². The fourth-order valence-electron chi connectivity index (χ4n) is 3.31. The van der Waals surface area contributed by atoms with Crippen LogP contribution < -0.4 is 5.32 Å². The summed E-state index contributed by atoms with van der Waals surface area (Å²) < 4.78 is 2.26. The molecule has 1 aliphatic rings. The van der Waals surface area contributed by atoms with Gasteiger partial charge in [0.1, 0.15) is 0 Å². The molecule has 0 saturated carbocycles. The highest BCUT2D eigenvalue weighted by Crippen LogP contribution is 2.31. The van der Waals surface area contributed by atoms with Gasteiger partial charge in [0.25, 0.3) is 0 Å². The van der Waals surface area contributed by atoms with Crippen LogP contribution in [0, 0.1) is 0 Å². The number of aryl methyl sites for hydroxylation is 1. The van der Waals surface area contributed by atoms with E-state index in [-0.39, 0.29) is 0 Å². The van der Waals surface area contributed by atoms with Crippen LogP contribution in [0.1, 0.15) is 24.9 Å². The number of benzene rings is 1. The van der Waals surface area contributed by atoms with E-state index in [0.29, 0.717) is 6.04 Å². The van der Waals surface area contributed by atoms with Gasteiger partial charge in [0.05, 0.1) is 0 Å². The van der Waals surface area contributed by atoms with Crippen molar-refractivity contribution in [1.29, 1.82) is 0 Å². The first-order chi connectivity index (χ1) is 9.31. The topological polar surface area (TPSA) is 20.2 Å². The average Bonchev–Trinajstić information content (AvgIpc) is 2.79. The minimum atomic E-state index is 0.549. The van der Waals surface area contributed by atoms with Crippen molar-refractivity contribution in [3.05, 3.63) is 36.0 Å². The summed E-state index contributed by atoms with van der Waals surface area (Å²) in [4.78, 5) is 2.62. The van der Waals surface area contributed by atoms with Crippen LogP contribution in [0.4, 0.5) is 0 Å². The molecular formula is C16H23N3. The minimum absolute atomic E-state index is 0.549. The largest absolute Gasteiger partial charge is 0.350 e. The van der Waals surface area contributed by atoms with Crippen molar-refractivity contribution in [2.24, 2.45) is 7.05 Å². The number of hydrogen-bond acceptors (Lipinski definition) is 2. The van der Waals surface area contributed by atoms with E-state index in [0.717, 1.165) is 26.2 Å². The lowest BCUT2D eigenvalue weighted by Gasteiger charge is -2.34. The Labute approximate surface area is 115 Å². The number of hydrogen-bond donors (Lipinski definition) is 1. The molecule has 2 aromatic rings. The third-order valence-corrected chi connectivity index (χ3v) is 4.27. The van der Waals surface area contributed by atoms with Crippen molar-refractivity contribution in [2.75, 3.05) is 26.2 Å². The Morgan fingerprint density at radius 1 is 1.21 bits per heavy atom. The predicted octanol–water partition coefficient (Wildman–Crippen LogP) is 2.53. The van der Waals surface area contributed by atoms with Crippen molar-refractivity contribution in [3.8, 4) is 0 Å². The molecule has 0 amide bonds. The maximum Gasteiger partial charge on any atom is 0.0481 e. The fraction of sp³-hybridized carbons (Fsp3) is 0.500. The van der Waals surface area contributed by atoms with Crippen LogP contribution in [0.3, 0.4) is 0 Å². The lowest BCUT2D eigenvalue weighted by molar-refractivity contribution is 0.170. The Balaban J connectivity index is 2.01. The quantitative estimate of drug-likeness (QED) is 0.912. The molecule has 1 unspecified atom stereocenters. The molecule has 0 radical (unpaired) electrons. The molecule has 1 atom stereocenters. The first-order valence-corrected chi connectivity index (χ1v) is 7.30. The van der Waals surface area contributed by atoms with Crippen LogP contribution in [0.5, 0.6) is 0 Å². The normalized spacial score (nSPS) is 18.8. The number of fused-ring (bicyclic) bond motifs is 1. The van der Waals surface area contributed by atoms with Crippen molar-refractivity contribution in [3.63, 3.8) is 0 Å². The zero-order valence-electron chi connectivity index (χ0n) is 11.9. The summed E-state index contributed by atoms with van der Waals surface area (Å²) in [6, 6.07) is 9.29. The molecule has 0 bridgehead atoms. The van der Waals surface area contributed by atoms with E-state index in [1.165, 1.54) is 22.9 Å². The average molecular weight is 257 g/mol. The lowest BCUT2D eigenvalue weighted by Crippen LogP contribution is -2.45. The molecule has 3 rings (SSSR count). The summed E-state index contributed by atoms with van der Waals surface area (Å²) in [5.41, 5.74) is 2.83. The maximum absolute atomic E-state index is 3.44. The second kappa shape index (κ2) is 5.35. The summed E-state index contributed by atoms with van der Waals surface area (Å²) >= 11 is 0. The van der Waals surface area contributed by atoms with E-state index in [2.05, 4.69) is 59.2 Å². The molecule has 3 heteroatoms. The van der Waals surface area contributed by atoms with Gasteiger partial charge in [-0.3, -0.25) is 4.90 Å². The summed E-state index contributed by atoms with van der Waals surface area (Å²) in [5.74, 6) is 0. The highest BCUT2D eigenvalue weighted by atomic mass is 15.2. The van der Waals surface area contributed by atoms with Gasteiger partial charge < -0.3 is 9.88 Å². The van der Waals surface area contributed by atoms with E-state index in [4.69, 9.17) is 0 Å². The van der Waals surface area contributed by atoms with Gasteiger partial charge in [-0.05, 0) is 18.1 Å². The number of para-hydroxylation sites is 1. The standard InChI is InChI=1S/C16H23N3/c1-3-15(19-10-8-17-9-11-19)14-12-18(2)16-7-5-4-6-13(14)16/h4-7,12,15,17H,3,8-11H2,1-2H3. The van der Waals surface area contributed by atoms with Gasteiger partial charge in [-0.1, -0.05) is 25.1 Å². The molecule has 1 aliphatic heterocycles. The molecule has 19 heavy (non-hydrogen) atoms. The van der Waals surface area contributed by atoms with Gasteiger partial charge in [0, 0.05) is 56.4 Å². The molecule has 0 spiro atoms. The van der Waals surface area contributed by atoms with Crippen LogP contribution in [0.2, 0.25) is 0 Å². The Morgan fingerprint density at radius 2 is 1.95 bits per heavy atom. The van der Waals surface area contributed by atoms with Crippen LogP contribution in [0.15, 0.2) is 30.5 Å². The number of nitrogens with zero attached hydrogens (tertiary/aromatic N) is 2. The zero-order chi connectivity index (χ0) is 13.2. The molecule has 3 nitrogen and oxygen atoms in total. The smallest absolute Gasteiger partial charge is 0.0481 e. The second-order valence-electron chi connectivity index (χ2n) is 5.42. The third-order valence-electron chi connectivity index (χ3n) is 4.27. The van der Waals surface area contributed by atoms with Crippen LogP contribution in [-0.4, -0.2) is 35.6 Å². The summed E-state index contributed by atoms with van der Waals surface area (Å²) in [6.07, 6.45) is 3.49. The highest BCUT2D eigenvalue weighted by Gasteiger charge is 2.23. The molecule has 2 heterocycles. The van der Waals surface area contributed by atoms with E-state index in [1.54, 1.807) is 0 Å². The molecule has 1 fully saturated rings. The summed E-state index contributed by atoms with van der Waals surface area (Å²) in [5, 5.41) is 4.85. The first kappa shape index (κ1) is 12.7. The Morgan fingerprint density at radius 3 is 2.68 bits per heavy atom. The van der Waals surface area contributed by atoms with E-state index in [9.17, 15) is 0 Å². The second-order valence-corrected chi connectivity index (χ2v) is 5.42. The molecule has 0 aliphatic carbocycles. The van der Waals surface area contributed by atoms with Gasteiger partial charge in [0.15, 0.2) is 0 Å². The molecule has 1 N–H and O–H groups in total. The molecule has 1 saturated heterocycles. The van der Waals surface area contributed by atoms with Gasteiger partial charge >= 0.3 is 0 Å². The van der Waals surface area contributed by atoms with Crippen LogP contribution >= 0.6 is 0 Å². The highest BCUT2D eigenvalue weighted by molar-refractivity contribution is 5.84. The van der Waals surface area contributed by atoms with E-state index < -0.39 is 0 Å². The van der Waals surface area contributed by atoms with Gasteiger partial charge in [0.2, 0.25) is 0 Å². The number of nitrogens with one attached hydrogen (secondary N) is 1. The minimum Gasteiger partial charge on any atom is -0.350 e. The Kier molecular flexibility index (Phi) is 3.58. The third kappa shape index (κ3) is 2.28. The maximum atomic E-state index is 3.44. The van der Waals surface area contributed by atoms with Crippen molar-refractivity contribution in [1.82, 2.24) is 14.8 Å². The van der Waals surface area contributed by atoms with Gasteiger partial charge in [-0.25, -0.2) is 0 Å². The molecule has 102 valence electrons. The summed E-state index contributed by atoms with van der Waals surface area (Å²) in [7, 11) is 2.15. The van der Waals surface area contributed by atoms with E-state index in [1.807, 2.05) is 0 Å². The van der Waals surface area contributed by atoms with E-state index >= 15 is 0 Å². The predicted molar refractivity (Wildman–Crippen MR) is 80.4 cm³/mol. The Hall–Kier alpha value is -1.32. The van der Waals surface area contributed by atoms with Crippen LogP contribution in [0.25, 0.3) is 10.9 Å². The number of aromatic nitrogens is 1.